The van der Waals surface area contributed by atoms with E-state index in [1.165, 1.54) is 14.0 Å². The molecule has 1 aliphatic carbocycles. The summed E-state index contributed by atoms with van der Waals surface area (Å²) in [6, 6.07) is -1.38. The van der Waals surface area contributed by atoms with E-state index in [0.717, 1.165) is 6.42 Å². The minimum absolute atomic E-state index is 0.134. The number of carbonyl (C=O) groups is 1. The Morgan fingerprint density at radius 2 is 1.94 bits per heavy atom. The smallest absolute Gasteiger partial charge is 0.393 e. The van der Waals surface area contributed by atoms with Gasteiger partial charge >= 0.3 is 12.1 Å². The van der Waals surface area contributed by atoms with E-state index in [1.54, 1.807) is 0 Å². The van der Waals surface area contributed by atoms with Crippen LogP contribution in [0, 0.1) is 5.92 Å². The molecule has 1 aliphatic rings. The molecular formula is C11H18F3NO2. The number of hydrogen-bond donors (Lipinski definition) is 1. The lowest BCUT2D eigenvalue weighted by molar-refractivity contribution is -0.190. The zero-order chi connectivity index (χ0) is 13.1. The molecule has 0 aromatic heterocycles. The van der Waals surface area contributed by atoms with Crippen molar-refractivity contribution >= 4 is 5.97 Å². The third-order valence-corrected chi connectivity index (χ3v) is 3.21. The summed E-state index contributed by atoms with van der Waals surface area (Å²) < 4.78 is 42.8. The number of carbonyl (C=O) groups excluding carboxylic acids is 1. The summed E-state index contributed by atoms with van der Waals surface area (Å²) in [5.74, 6) is -1.89. The van der Waals surface area contributed by atoms with E-state index in [-0.39, 0.29) is 6.42 Å². The molecule has 1 N–H and O–H groups in total. The lowest BCUT2D eigenvalue weighted by Crippen LogP contribution is -2.50. The molecule has 17 heavy (non-hydrogen) atoms. The second-order valence-electron chi connectivity index (χ2n) is 4.45. The number of methoxy groups -OCH3 is 1. The second kappa shape index (κ2) is 5.71. The van der Waals surface area contributed by atoms with E-state index < -0.39 is 30.1 Å². The lowest BCUT2D eigenvalue weighted by atomic mass is 9.83. The van der Waals surface area contributed by atoms with Crippen LogP contribution >= 0.6 is 0 Å². The molecule has 0 saturated heterocycles. The molecule has 0 spiro atoms. The molecule has 3 nitrogen and oxygen atoms in total. The highest BCUT2D eigenvalue weighted by Gasteiger charge is 2.45. The Kier molecular flexibility index (Phi) is 4.80. The number of nitrogens with one attached hydrogen (secondary N) is 1. The summed E-state index contributed by atoms with van der Waals surface area (Å²) in [5.41, 5.74) is 0. The van der Waals surface area contributed by atoms with Crippen molar-refractivity contribution < 1.29 is 22.7 Å². The van der Waals surface area contributed by atoms with Crippen molar-refractivity contribution in [2.75, 3.05) is 7.11 Å². The highest BCUT2D eigenvalue weighted by Crippen LogP contribution is 2.37. The van der Waals surface area contributed by atoms with Gasteiger partial charge in [0.15, 0.2) is 0 Å². The number of alkyl halides is 3. The minimum atomic E-state index is -4.20. The van der Waals surface area contributed by atoms with Crippen molar-refractivity contribution in [2.45, 2.75) is 50.9 Å². The molecule has 6 heteroatoms. The fourth-order valence-electron chi connectivity index (χ4n) is 2.29. The van der Waals surface area contributed by atoms with Crippen LogP contribution in [0.5, 0.6) is 0 Å². The van der Waals surface area contributed by atoms with Crippen LogP contribution in [0.4, 0.5) is 13.2 Å². The SMILES string of the molecule is COC(=O)[C@H](C)NC1CCCCC1C(F)(F)F. The predicted molar refractivity (Wildman–Crippen MR) is 56.4 cm³/mol. The topological polar surface area (TPSA) is 38.3 Å². The van der Waals surface area contributed by atoms with Crippen molar-refractivity contribution in [3.05, 3.63) is 0 Å². The summed E-state index contributed by atoms with van der Waals surface area (Å²) in [6.07, 6.45) is -2.26. The second-order valence-corrected chi connectivity index (χ2v) is 4.45. The fourth-order valence-corrected chi connectivity index (χ4v) is 2.29. The molecule has 0 aliphatic heterocycles. The van der Waals surface area contributed by atoms with Gasteiger partial charge in [0.1, 0.15) is 6.04 Å². The Morgan fingerprint density at radius 1 is 1.35 bits per heavy atom. The quantitative estimate of drug-likeness (QED) is 0.784. The monoisotopic (exact) mass is 253 g/mol. The molecule has 100 valence electrons. The van der Waals surface area contributed by atoms with Gasteiger partial charge in [-0.1, -0.05) is 12.8 Å². The van der Waals surface area contributed by atoms with Crippen LogP contribution in [0.3, 0.4) is 0 Å². The Hall–Kier alpha value is -0.780. The van der Waals surface area contributed by atoms with Gasteiger partial charge in [-0.2, -0.15) is 13.2 Å². The highest BCUT2D eigenvalue weighted by atomic mass is 19.4. The van der Waals surface area contributed by atoms with E-state index in [1.807, 2.05) is 0 Å². The first-order valence-electron chi connectivity index (χ1n) is 5.77. The molecule has 0 aromatic rings. The number of rotatable bonds is 3. The van der Waals surface area contributed by atoms with Gasteiger partial charge in [0.05, 0.1) is 13.0 Å². The van der Waals surface area contributed by atoms with E-state index in [9.17, 15) is 18.0 Å². The van der Waals surface area contributed by atoms with Crippen molar-refractivity contribution in [3.63, 3.8) is 0 Å². The van der Waals surface area contributed by atoms with Crippen molar-refractivity contribution in [1.29, 1.82) is 0 Å². The van der Waals surface area contributed by atoms with Crippen LogP contribution in [0.25, 0.3) is 0 Å². The minimum Gasteiger partial charge on any atom is -0.468 e. The predicted octanol–water partition coefficient (Wildman–Crippen LogP) is 2.26. The van der Waals surface area contributed by atoms with Crippen LogP contribution < -0.4 is 5.32 Å². The Bertz CT molecular complexity index is 268. The third kappa shape index (κ3) is 3.87. The number of hydrogen-bond acceptors (Lipinski definition) is 3. The maximum absolute atomic E-state index is 12.8. The molecule has 1 rings (SSSR count). The lowest BCUT2D eigenvalue weighted by Gasteiger charge is -2.34. The molecular weight excluding hydrogens is 235 g/mol. The van der Waals surface area contributed by atoms with E-state index in [4.69, 9.17) is 0 Å². The molecule has 0 radical (unpaired) electrons. The Morgan fingerprint density at radius 3 is 2.47 bits per heavy atom. The molecule has 0 bridgehead atoms. The normalized spacial score (nSPS) is 27.6. The van der Waals surface area contributed by atoms with Gasteiger partial charge in [0, 0.05) is 6.04 Å². The zero-order valence-electron chi connectivity index (χ0n) is 10.0. The van der Waals surface area contributed by atoms with E-state index in [0.29, 0.717) is 12.8 Å². The Balaban J connectivity index is 2.63. The van der Waals surface area contributed by atoms with Gasteiger partial charge in [-0.3, -0.25) is 4.79 Å². The first-order valence-corrected chi connectivity index (χ1v) is 5.77. The molecule has 1 saturated carbocycles. The van der Waals surface area contributed by atoms with Gasteiger partial charge in [0.2, 0.25) is 0 Å². The number of halogens is 3. The summed E-state index contributed by atoms with van der Waals surface area (Å²) in [7, 11) is 1.22. The van der Waals surface area contributed by atoms with Crippen LogP contribution in [0.2, 0.25) is 0 Å². The van der Waals surface area contributed by atoms with Crippen molar-refractivity contribution in [3.8, 4) is 0 Å². The molecule has 0 heterocycles. The van der Waals surface area contributed by atoms with Gasteiger partial charge in [-0.15, -0.1) is 0 Å². The van der Waals surface area contributed by atoms with E-state index in [2.05, 4.69) is 10.1 Å². The maximum Gasteiger partial charge on any atom is 0.393 e. The van der Waals surface area contributed by atoms with E-state index >= 15 is 0 Å². The summed E-state index contributed by atoms with van der Waals surface area (Å²) in [4.78, 5) is 11.2. The zero-order valence-corrected chi connectivity index (χ0v) is 10.0. The first kappa shape index (κ1) is 14.3. The van der Waals surface area contributed by atoms with Crippen LogP contribution in [0.1, 0.15) is 32.6 Å². The molecule has 0 aromatic carbocycles. The van der Waals surface area contributed by atoms with Crippen LogP contribution in [0.15, 0.2) is 0 Å². The molecule has 2 unspecified atom stereocenters. The van der Waals surface area contributed by atoms with Gasteiger partial charge in [0.25, 0.3) is 0 Å². The van der Waals surface area contributed by atoms with Crippen LogP contribution in [-0.2, 0) is 9.53 Å². The standard InChI is InChI=1S/C11H18F3NO2/c1-7(10(16)17-2)15-9-6-4-3-5-8(9)11(12,13)14/h7-9,15H,3-6H2,1-2H3/t7-,8?,9?/m0/s1. The molecule has 3 atom stereocenters. The maximum atomic E-state index is 12.8. The first-order chi connectivity index (χ1) is 7.86. The third-order valence-electron chi connectivity index (χ3n) is 3.21. The van der Waals surface area contributed by atoms with Gasteiger partial charge in [-0.05, 0) is 19.8 Å². The fraction of sp³-hybridized carbons (Fsp3) is 0.909. The Labute approximate surface area is 98.7 Å². The molecule has 0 amide bonds. The van der Waals surface area contributed by atoms with Crippen LogP contribution in [-0.4, -0.2) is 31.3 Å². The van der Waals surface area contributed by atoms with Gasteiger partial charge < -0.3 is 10.1 Å². The van der Waals surface area contributed by atoms with Gasteiger partial charge in [-0.25, -0.2) is 0 Å². The number of ether oxygens (including phenoxy) is 1. The average Bonchev–Trinajstić information content (AvgIpc) is 2.27. The van der Waals surface area contributed by atoms with Crippen molar-refractivity contribution in [1.82, 2.24) is 5.32 Å². The average molecular weight is 253 g/mol. The summed E-state index contributed by atoms with van der Waals surface area (Å²) >= 11 is 0. The number of esters is 1. The summed E-state index contributed by atoms with van der Waals surface area (Å²) in [6.45, 7) is 1.52. The summed E-state index contributed by atoms with van der Waals surface area (Å²) in [5, 5.41) is 2.73. The highest BCUT2D eigenvalue weighted by molar-refractivity contribution is 5.75. The largest absolute Gasteiger partial charge is 0.468 e. The molecule has 1 fully saturated rings. The van der Waals surface area contributed by atoms with Crippen molar-refractivity contribution in [2.24, 2.45) is 5.92 Å².